The lowest BCUT2D eigenvalue weighted by Gasteiger charge is -2.35. The van der Waals surface area contributed by atoms with Gasteiger partial charge in [-0.2, -0.15) is 0 Å². The smallest absolute Gasteiger partial charge is 0.250 e. The van der Waals surface area contributed by atoms with Crippen LogP contribution in [0.1, 0.15) is 40.0 Å². The fourth-order valence-electron chi connectivity index (χ4n) is 1.75. The molecule has 0 amide bonds. The van der Waals surface area contributed by atoms with E-state index in [2.05, 4.69) is 19.2 Å². The summed E-state index contributed by atoms with van der Waals surface area (Å²) >= 11 is 0. The van der Waals surface area contributed by atoms with Gasteiger partial charge >= 0.3 is 0 Å². The molecule has 0 rings (SSSR count). The van der Waals surface area contributed by atoms with Crippen molar-refractivity contribution in [1.29, 1.82) is 0 Å². The molecule has 0 aliphatic carbocycles. The topological polar surface area (TPSA) is 38.0 Å². The molecule has 0 aromatic carbocycles. The van der Waals surface area contributed by atoms with Crippen molar-refractivity contribution in [2.24, 2.45) is 11.7 Å². The standard InChI is InChI=1S/C11H24F2N2/c1-4-9(3)6-11(5-2,8-14)15-7-10(12)13/h9-10,15H,4-8,14H2,1-3H3. The molecule has 2 nitrogen and oxygen atoms in total. The SMILES string of the molecule is CCC(C)CC(CC)(CN)NCC(F)F. The van der Waals surface area contributed by atoms with Crippen LogP contribution >= 0.6 is 0 Å². The van der Waals surface area contributed by atoms with Crippen LogP contribution in [-0.4, -0.2) is 25.1 Å². The average Bonchev–Trinajstić information content (AvgIpc) is 2.24. The van der Waals surface area contributed by atoms with E-state index in [1.807, 2.05) is 6.92 Å². The number of halogens is 2. The van der Waals surface area contributed by atoms with Crippen molar-refractivity contribution in [3.63, 3.8) is 0 Å². The number of nitrogens with two attached hydrogens (primary N) is 1. The van der Waals surface area contributed by atoms with Gasteiger partial charge in [0, 0.05) is 12.1 Å². The van der Waals surface area contributed by atoms with E-state index in [9.17, 15) is 8.78 Å². The van der Waals surface area contributed by atoms with Crippen LogP contribution < -0.4 is 11.1 Å². The van der Waals surface area contributed by atoms with Crippen molar-refractivity contribution >= 4 is 0 Å². The molecule has 0 fully saturated rings. The van der Waals surface area contributed by atoms with Gasteiger partial charge in [-0.3, -0.25) is 0 Å². The Morgan fingerprint density at radius 3 is 2.27 bits per heavy atom. The predicted molar refractivity (Wildman–Crippen MR) is 60.2 cm³/mol. The van der Waals surface area contributed by atoms with Crippen LogP contribution in [-0.2, 0) is 0 Å². The molecule has 0 saturated carbocycles. The quantitative estimate of drug-likeness (QED) is 0.661. The zero-order chi connectivity index (χ0) is 11.9. The van der Waals surface area contributed by atoms with Gasteiger partial charge in [-0.05, 0) is 18.8 Å². The van der Waals surface area contributed by atoms with Gasteiger partial charge in [0.05, 0.1) is 6.54 Å². The number of alkyl halides is 2. The van der Waals surface area contributed by atoms with Gasteiger partial charge in [-0.25, -0.2) is 8.78 Å². The van der Waals surface area contributed by atoms with Crippen LogP contribution in [0.5, 0.6) is 0 Å². The Morgan fingerprint density at radius 1 is 1.33 bits per heavy atom. The molecule has 0 aliphatic rings. The molecule has 2 atom stereocenters. The predicted octanol–water partition coefficient (Wildman–Crippen LogP) is 2.38. The van der Waals surface area contributed by atoms with E-state index in [4.69, 9.17) is 5.73 Å². The highest BCUT2D eigenvalue weighted by atomic mass is 19.3. The fourth-order valence-corrected chi connectivity index (χ4v) is 1.75. The van der Waals surface area contributed by atoms with Crippen molar-refractivity contribution in [2.75, 3.05) is 13.1 Å². The molecular weight excluding hydrogens is 198 g/mol. The maximum absolute atomic E-state index is 12.2. The van der Waals surface area contributed by atoms with E-state index >= 15 is 0 Å². The lowest BCUT2D eigenvalue weighted by Crippen LogP contribution is -2.53. The highest BCUT2D eigenvalue weighted by Gasteiger charge is 2.28. The molecule has 15 heavy (non-hydrogen) atoms. The second kappa shape index (κ2) is 7.12. The lowest BCUT2D eigenvalue weighted by molar-refractivity contribution is 0.122. The van der Waals surface area contributed by atoms with Gasteiger partial charge in [0.15, 0.2) is 0 Å². The Labute approximate surface area is 91.6 Å². The minimum Gasteiger partial charge on any atom is -0.329 e. The molecule has 0 aromatic heterocycles. The Morgan fingerprint density at radius 2 is 1.93 bits per heavy atom. The zero-order valence-corrected chi connectivity index (χ0v) is 10.0. The van der Waals surface area contributed by atoms with E-state index in [1.54, 1.807) is 0 Å². The summed E-state index contributed by atoms with van der Waals surface area (Å²) in [6.45, 7) is 6.38. The van der Waals surface area contributed by atoms with E-state index < -0.39 is 6.43 Å². The summed E-state index contributed by atoms with van der Waals surface area (Å²) in [6.07, 6.45) is 0.404. The molecule has 0 saturated heterocycles. The molecule has 0 heterocycles. The molecule has 0 radical (unpaired) electrons. The van der Waals surface area contributed by atoms with E-state index in [0.717, 1.165) is 19.3 Å². The summed E-state index contributed by atoms with van der Waals surface area (Å²) in [5, 5.41) is 2.92. The second-order valence-electron chi connectivity index (χ2n) is 4.33. The van der Waals surface area contributed by atoms with Crippen molar-refractivity contribution in [2.45, 2.75) is 52.0 Å². The molecule has 0 bridgehead atoms. The normalized spacial score (nSPS) is 17.8. The Kier molecular flexibility index (Phi) is 7.02. The van der Waals surface area contributed by atoms with Crippen LogP contribution in [0.25, 0.3) is 0 Å². The number of rotatable bonds is 8. The molecule has 3 N–H and O–H groups in total. The molecule has 2 unspecified atom stereocenters. The first-order valence-corrected chi connectivity index (χ1v) is 5.73. The highest BCUT2D eigenvalue weighted by Crippen LogP contribution is 2.22. The third kappa shape index (κ3) is 5.42. The van der Waals surface area contributed by atoms with Gasteiger partial charge < -0.3 is 11.1 Å². The van der Waals surface area contributed by atoms with Gasteiger partial charge in [0.1, 0.15) is 0 Å². The van der Waals surface area contributed by atoms with Crippen molar-refractivity contribution in [1.82, 2.24) is 5.32 Å². The summed E-state index contributed by atoms with van der Waals surface area (Å²) in [5.74, 6) is 0.513. The maximum atomic E-state index is 12.2. The lowest BCUT2D eigenvalue weighted by atomic mass is 9.84. The molecule has 0 aromatic rings. The molecule has 92 valence electrons. The highest BCUT2D eigenvalue weighted by molar-refractivity contribution is 4.89. The largest absolute Gasteiger partial charge is 0.329 e. The van der Waals surface area contributed by atoms with E-state index in [0.29, 0.717) is 12.5 Å². The summed E-state index contributed by atoms with van der Waals surface area (Å²) in [7, 11) is 0. The van der Waals surface area contributed by atoms with E-state index in [1.165, 1.54) is 0 Å². The van der Waals surface area contributed by atoms with Crippen molar-refractivity contribution in [3.05, 3.63) is 0 Å². The Balaban J connectivity index is 4.29. The molecule has 0 aliphatic heterocycles. The number of nitrogens with one attached hydrogen (secondary N) is 1. The van der Waals surface area contributed by atoms with Gasteiger partial charge in [0.2, 0.25) is 0 Å². The number of hydrogen-bond acceptors (Lipinski definition) is 2. The first-order chi connectivity index (χ1) is 6.99. The summed E-state index contributed by atoms with van der Waals surface area (Å²) in [6, 6.07) is 0. The molecular formula is C11H24F2N2. The summed E-state index contributed by atoms with van der Waals surface area (Å²) < 4.78 is 24.3. The van der Waals surface area contributed by atoms with Crippen LogP contribution in [0.4, 0.5) is 8.78 Å². The first-order valence-electron chi connectivity index (χ1n) is 5.73. The van der Waals surface area contributed by atoms with Crippen molar-refractivity contribution in [3.8, 4) is 0 Å². The summed E-state index contributed by atoms with van der Waals surface area (Å²) in [4.78, 5) is 0. The van der Waals surface area contributed by atoms with Crippen LogP contribution in [0, 0.1) is 5.92 Å². The minimum absolute atomic E-state index is 0.262. The monoisotopic (exact) mass is 222 g/mol. The van der Waals surface area contributed by atoms with Gasteiger partial charge in [-0.15, -0.1) is 0 Å². The van der Waals surface area contributed by atoms with Crippen LogP contribution in [0.3, 0.4) is 0 Å². The van der Waals surface area contributed by atoms with Gasteiger partial charge in [0.25, 0.3) is 6.43 Å². The molecule has 0 spiro atoms. The maximum Gasteiger partial charge on any atom is 0.250 e. The third-order valence-corrected chi connectivity index (χ3v) is 3.14. The van der Waals surface area contributed by atoms with Crippen LogP contribution in [0.15, 0.2) is 0 Å². The Hall–Kier alpha value is -0.220. The first kappa shape index (κ1) is 14.8. The molecule has 4 heteroatoms. The van der Waals surface area contributed by atoms with Gasteiger partial charge in [-0.1, -0.05) is 27.2 Å². The van der Waals surface area contributed by atoms with Crippen molar-refractivity contribution < 1.29 is 8.78 Å². The fraction of sp³-hybridized carbons (Fsp3) is 1.00. The van der Waals surface area contributed by atoms with E-state index in [-0.39, 0.29) is 12.1 Å². The third-order valence-electron chi connectivity index (χ3n) is 3.14. The number of hydrogen-bond donors (Lipinski definition) is 2. The average molecular weight is 222 g/mol. The second-order valence-corrected chi connectivity index (χ2v) is 4.33. The Bertz CT molecular complexity index is 159. The summed E-state index contributed by atoms with van der Waals surface area (Å²) in [5.41, 5.74) is 5.39. The van der Waals surface area contributed by atoms with Crippen LogP contribution in [0.2, 0.25) is 0 Å². The minimum atomic E-state index is -2.31. The zero-order valence-electron chi connectivity index (χ0n) is 10.0.